The van der Waals surface area contributed by atoms with Gasteiger partial charge in [-0.1, -0.05) is 12.1 Å². The summed E-state index contributed by atoms with van der Waals surface area (Å²) >= 11 is 0. The highest BCUT2D eigenvalue weighted by molar-refractivity contribution is 5.91. The monoisotopic (exact) mass is 270 g/mol. The molecule has 0 aliphatic heterocycles. The summed E-state index contributed by atoms with van der Waals surface area (Å²) in [5, 5.41) is 12.2. The van der Waals surface area contributed by atoms with Crippen molar-refractivity contribution >= 4 is 17.3 Å². The first kappa shape index (κ1) is 13.9. The smallest absolute Gasteiger partial charge is 0.224 e. The van der Waals surface area contributed by atoms with E-state index < -0.39 is 0 Å². The van der Waals surface area contributed by atoms with Crippen LogP contribution in [-0.2, 0) is 11.2 Å². The molecule has 2 rings (SSSR count). The number of nitrogens with two attached hydrogens (primary N) is 1. The Kier molecular flexibility index (Phi) is 4.25. The van der Waals surface area contributed by atoms with Crippen LogP contribution in [0.25, 0.3) is 0 Å². The van der Waals surface area contributed by atoms with Crippen LogP contribution < -0.4 is 11.1 Å². The van der Waals surface area contributed by atoms with Gasteiger partial charge in [0.15, 0.2) is 0 Å². The van der Waals surface area contributed by atoms with Gasteiger partial charge in [-0.2, -0.15) is 0 Å². The first-order valence-electron chi connectivity index (χ1n) is 6.48. The zero-order valence-electron chi connectivity index (χ0n) is 11.4. The Morgan fingerprint density at radius 3 is 2.55 bits per heavy atom. The van der Waals surface area contributed by atoms with Crippen molar-refractivity contribution in [3.63, 3.8) is 0 Å². The molecule has 0 heterocycles. The molecule has 0 spiro atoms. The fourth-order valence-corrected chi connectivity index (χ4v) is 1.94. The van der Waals surface area contributed by atoms with Crippen molar-refractivity contribution in [2.24, 2.45) is 0 Å². The lowest BCUT2D eigenvalue weighted by Crippen LogP contribution is -2.13. The first-order valence-corrected chi connectivity index (χ1v) is 6.48. The van der Waals surface area contributed by atoms with E-state index in [2.05, 4.69) is 5.32 Å². The number of nitrogen functional groups attached to an aromatic ring is 1. The molecule has 2 aromatic rings. The topological polar surface area (TPSA) is 75.3 Å². The SMILES string of the molecule is Cc1cc(O)ccc1NC(=O)CCc1ccc(N)cc1. The molecule has 2 aromatic carbocycles. The minimum absolute atomic E-state index is 0.0457. The molecule has 0 saturated carbocycles. The highest BCUT2D eigenvalue weighted by atomic mass is 16.3. The van der Waals surface area contributed by atoms with Crippen LogP contribution in [0.2, 0.25) is 0 Å². The third kappa shape index (κ3) is 3.75. The van der Waals surface area contributed by atoms with Gasteiger partial charge in [0.25, 0.3) is 0 Å². The maximum Gasteiger partial charge on any atom is 0.224 e. The molecule has 0 unspecified atom stereocenters. The van der Waals surface area contributed by atoms with Crippen LogP contribution in [-0.4, -0.2) is 11.0 Å². The Balaban J connectivity index is 1.90. The quantitative estimate of drug-likeness (QED) is 0.590. The molecule has 0 radical (unpaired) electrons. The Hall–Kier alpha value is -2.49. The summed E-state index contributed by atoms with van der Waals surface area (Å²) in [6.07, 6.45) is 1.08. The van der Waals surface area contributed by atoms with Gasteiger partial charge in [0.2, 0.25) is 5.91 Å². The fourth-order valence-electron chi connectivity index (χ4n) is 1.94. The number of hydrogen-bond donors (Lipinski definition) is 3. The second-order valence-corrected chi connectivity index (χ2v) is 4.79. The van der Waals surface area contributed by atoms with Crippen molar-refractivity contribution in [2.45, 2.75) is 19.8 Å². The van der Waals surface area contributed by atoms with Gasteiger partial charge in [-0.15, -0.1) is 0 Å². The van der Waals surface area contributed by atoms with Crippen molar-refractivity contribution < 1.29 is 9.90 Å². The fraction of sp³-hybridized carbons (Fsp3) is 0.188. The number of nitrogens with one attached hydrogen (secondary N) is 1. The van der Waals surface area contributed by atoms with E-state index in [9.17, 15) is 9.90 Å². The Bertz CT molecular complexity index is 606. The molecule has 0 aliphatic carbocycles. The van der Waals surface area contributed by atoms with Gasteiger partial charge in [-0.3, -0.25) is 4.79 Å². The largest absolute Gasteiger partial charge is 0.508 e. The van der Waals surface area contributed by atoms with E-state index in [0.29, 0.717) is 12.8 Å². The van der Waals surface area contributed by atoms with Crippen molar-refractivity contribution in [1.82, 2.24) is 0 Å². The van der Waals surface area contributed by atoms with Gasteiger partial charge in [-0.05, 0) is 54.8 Å². The average Bonchev–Trinajstić information content (AvgIpc) is 2.41. The van der Waals surface area contributed by atoms with Gasteiger partial charge in [-0.25, -0.2) is 0 Å². The second kappa shape index (κ2) is 6.10. The van der Waals surface area contributed by atoms with Gasteiger partial charge >= 0.3 is 0 Å². The molecule has 0 aromatic heterocycles. The zero-order valence-corrected chi connectivity index (χ0v) is 11.4. The predicted molar refractivity (Wildman–Crippen MR) is 80.6 cm³/mol. The third-order valence-corrected chi connectivity index (χ3v) is 3.10. The standard InChI is InChI=1S/C16H18N2O2/c1-11-10-14(19)7-8-15(11)18-16(20)9-4-12-2-5-13(17)6-3-12/h2-3,5-8,10,19H,4,9,17H2,1H3,(H,18,20). The van der Waals surface area contributed by atoms with E-state index in [1.54, 1.807) is 18.2 Å². The van der Waals surface area contributed by atoms with Crippen LogP contribution in [0, 0.1) is 6.92 Å². The van der Waals surface area contributed by atoms with Crippen LogP contribution in [0.5, 0.6) is 5.75 Å². The first-order chi connectivity index (χ1) is 9.54. The number of aryl methyl sites for hydroxylation is 2. The minimum atomic E-state index is -0.0457. The maximum absolute atomic E-state index is 11.9. The highest BCUT2D eigenvalue weighted by Gasteiger charge is 2.06. The summed E-state index contributed by atoms with van der Waals surface area (Å²) in [6.45, 7) is 1.84. The van der Waals surface area contributed by atoms with Gasteiger partial charge < -0.3 is 16.2 Å². The molecule has 4 nitrogen and oxygen atoms in total. The number of rotatable bonds is 4. The molecule has 20 heavy (non-hydrogen) atoms. The molecule has 4 N–H and O–H groups in total. The molecular formula is C16H18N2O2. The number of carbonyl (C=O) groups excluding carboxylic acids is 1. The van der Waals surface area contributed by atoms with Gasteiger partial charge in [0, 0.05) is 17.8 Å². The average molecular weight is 270 g/mol. The van der Waals surface area contributed by atoms with Gasteiger partial charge in [0.05, 0.1) is 0 Å². The lowest BCUT2D eigenvalue weighted by Gasteiger charge is -2.08. The minimum Gasteiger partial charge on any atom is -0.508 e. The van der Waals surface area contributed by atoms with Crippen LogP contribution in [0.3, 0.4) is 0 Å². The van der Waals surface area contributed by atoms with Crippen molar-refractivity contribution in [3.05, 3.63) is 53.6 Å². The lowest BCUT2D eigenvalue weighted by atomic mass is 10.1. The number of amides is 1. The molecule has 104 valence electrons. The molecule has 4 heteroatoms. The molecule has 0 fully saturated rings. The molecule has 0 saturated heterocycles. The van der Waals surface area contributed by atoms with Crippen LogP contribution in [0.4, 0.5) is 11.4 Å². The van der Waals surface area contributed by atoms with E-state index in [1.165, 1.54) is 0 Å². The summed E-state index contributed by atoms with van der Waals surface area (Å²) in [6, 6.07) is 12.4. The highest BCUT2D eigenvalue weighted by Crippen LogP contribution is 2.20. The van der Waals surface area contributed by atoms with E-state index in [1.807, 2.05) is 31.2 Å². The Morgan fingerprint density at radius 1 is 1.20 bits per heavy atom. The molecule has 0 aliphatic rings. The number of phenolic OH excluding ortho intramolecular Hbond substituents is 1. The summed E-state index contributed by atoms with van der Waals surface area (Å²) in [5.41, 5.74) is 8.98. The van der Waals surface area contributed by atoms with Crippen molar-refractivity contribution in [1.29, 1.82) is 0 Å². The number of aromatic hydroxyl groups is 1. The van der Waals surface area contributed by atoms with Gasteiger partial charge in [0.1, 0.15) is 5.75 Å². The lowest BCUT2D eigenvalue weighted by molar-refractivity contribution is -0.116. The zero-order chi connectivity index (χ0) is 14.5. The molecule has 0 atom stereocenters. The summed E-state index contributed by atoms with van der Waals surface area (Å²) in [4.78, 5) is 11.9. The number of anilines is 2. The Labute approximate surface area is 118 Å². The predicted octanol–water partition coefficient (Wildman–Crippen LogP) is 2.85. The molecule has 0 bridgehead atoms. The van der Waals surface area contributed by atoms with E-state index in [0.717, 1.165) is 22.5 Å². The number of benzene rings is 2. The molecule has 1 amide bonds. The summed E-state index contributed by atoms with van der Waals surface area (Å²) in [5.74, 6) is 0.151. The second-order valence-electron chi connectivity index (χ2n) is 4.79. The number of carbonyl (C=O) groups is 1. The van der Waals surface area contributed by atoms with Crippen molar-refractivity contribution in [2.75, 3.05) is 11.1 Å². The third-order valence-electron chi connectivity index (χ3n) is 3.10. The maximum atomic E-state index is 11.9. The normalized spacial score (nSPS) is 10.2. The summed E-state index contributed by atoms with van der Waals surface area (Å²) < 4.78 is 0. The van der Waals surface area contributed by atoms with E-state index in [4.69, 9.17) is 5.73 Å². The van der Waals surface area contributed by atoms with E-state index in [-0.39, 0.29) is 11.7 Å². The van der Waals surface area contributed by atoms with E-state index >= 15 is 0 Å². The van der Waals surface area contributed by atoms with Crippen LogP contribution in [0.1, 0.15) is 17.5 Å². The molecular weight excluding hydrogens is 252 g/mol. The van der Waals surface area contributed by atoms with Crippen molar-refractivity contribution in [3.8, 4) is 5.75 Å². The van der Waals surface area contributed by atoms with Crippen LogP contribution >= 0.6 is 0 Å². The summed E-state index contributed by atoms with van der Waals surface area (Å²) in [7, 11) is 0. The Morgan fingerprint density at radius 2 is 1.90 bits per heavy atom. The number of hydrogen-bond acceptors (Lipinski definition) is 3. The number of phenols is 1. The van der Waals surface area contributed by atoms with Crippen LogP contribution in [0.15, 0.2) is 42.5 Å².